The quantitative estimate of drug-likeness (QED) is 0.804. The van der Waals surface area contributed by atoms with E-state index in [4.69, 9.17) is 0 Å². The average molecular weight is 300 g/mol. The van der Waals surface area contributed by atoms with Gasteiger partial charge in [0.2, 0.25) is 0 Å². The van der Waals surface area contributed by atoms with Gasteiger partial charge in [-0.05, 0) is 44.4 Å². The second-order valence-corrected chi connectivity index (χ2v) is 6.92. The smallest absolute Gasteiger partial charge is 0.0907 e. The van der Waals surface area contributed by atoms with Gasteiger partial charge in [-0.1, -0.05) is 5.21 Å². The van der Waals surface area contributed by atoms with Crippen LogP contribution >= 0.6 is 11.3 Å². The number of aliphatic hydroxyl groups excluding tert-OH is 1. The molecule has 0 unspecified atom stereocenters. The highest BCUT2D eigenvalue weighted by molar-refractivity contribution is 7.18. The molecule has 5 nitrogen and oxygen atoms in total. The minimum atomic E-state index is 0.0638. The van der Waals surface area contributed by atoms with Gasteiger partial charge < -0.3 is 5.11 Å². The van der Waals surface area contributed by atoms with E-state index in [-0.39, 0.29) is 12.0 Å². The minimum Gasteiger partial charge on any atom is -0.396 e. The topological polar surface area (TPSA) is 63.8 Å². The number of thiazole rings is 1. The molecule has 1 aliphatic carbocycles. The summed E-state index contributed by atoms with van der Waals surface area (Å²) in [5.74, 6) is 0. The zero-order valence-corrected chi connectivity index (χ0v) is 12.6. The molecule has 21 heavy (non-hydrogen) atoms. The van der Waals surface area contributed by atoms with E-state index in [9.17, 15) is 5.11 Å². The van der Waals surface area contributed by atoms with Gasteiger partial charge in [0, 0.05) is 12.0 Å². The first-order valence-corrected chi connectivity index (χ1v) is 7.93. The predicted octanol–water partition coefficient (Wildman–Crippen LogP) is 2.60. The van der Waals surface area contributed by atoms with Gasteiger partial charge in [0.05, 0.1) is 32.8 Å². The molecule has 3 aromatic rings. The highest BCUT2D eigenvalue weighted by atomic mass is 32.1. The number of hydrogen-bond acceptors (Lipinski definition) is 5. The summed E-state index contributed by atoms with van der Waals surface area (Å²) in [4.78, 5) is 4.52. The fourth-order valence-electron chi connectivity index (χ4n) is 2.81. The van der Waals surface area contributed by atoms with E-state index in [0.717, 1.165) is 41.2 Å². The number of aromatic nitrogens is 4. The van der Waals surface area contributed by atoms with Gasteiger partial charge in [-0.15, -0.1) is 16.4 Å². The lowest BCUT2D eigenvalue weighted by Gasteiger charge is -2.08. The Kier molecular flexibility index (Phi) is 2.83. The van der Waals surface area contributed by atoms with Crippen molar-refractivity contribution in [1.82, 2.24) is 20.0 Å². The maximum absolute atomic E-state index is 9.19. The first-order valence-electron chi connectivity index (χ1n) is 7.11. The van der Waals surface area contributed by atoms with Crippen molar-refractivity contribution in [3.05, 3.63) is 35.1 Å². The Morgan fingerprint density at radius 1 is 1.38 bits per heavy atom. The third kappa shape index (κ3) is 2.15. The SMILES string of the molecule is Cc1nc2cc(-n3cc(C4(CCO)CC4)nn3)ccc2s1. The molecular formula is C15H16N4OS. The second kappa shape index (κ2) is 4.61. The van der Waals surface area contributed by atoms with Crippen LogP contribution in [0.25, 0.3) is 15.9 Å². The van der Waals surface area contributed by atoms with Crippen molar-refractivity contribution >= 4 is 21.6 Å². The molecule has 2 heterocycles. The van der Waals surface area contributed by atoms with E-state index >= 15 is 0 Å². The molecule has 1 aliphatic rings. The molecule has 0 aliphatic heterocycles. The molecule has 1 aromatic carbocycles. The first-order chi connectivity index (χ1) is 10.2. The Balaban J connectivity index is 1.70. The Hall–Kier alpha value is -1.79. The number of fused-ring (bicyclic) bond motifs is 1. The summed E-state index contributed by atoms with van der Waals surface area (Å²) in [7, 11) is 0. The van der Waals surface area contributed by atoms with Gasteiger partial charge >= 0.3 is 0 Å². The number of benzene rings is 1. The molecule has 6 heteroatoms. The fourth-order valence-corrected chi connectivity index (χ4v) is 3.61. The fraction of sp³-hybridized carbons (Fsp3) is 0.400. The normalized spacial score (nSPS) is 16.5. The van der Waals surface area contributed by atoms with E-state index < -0.39 is 0 Å². The van der Waals surface area contributed by atoms with Gasteiger partial charge in [0.15, 0.2) is 0 Å². The van der Waals surface area contributed by atoms with E-state index in [1.165, 1.54) is 4.70 Å². The number of rotatable bonds is 4. The maximum Gasteiger partial charge on any atom is 0.0907 e. The van der Waals surface area contributed by atoms with Crippen LogP contribution in [0.3, 0.4) is 0 Å². The Labute approximate surface area is 126 Å². The molecule has 1 N–H and O–H groups in total. The summed E-state index contributed by atoms with van der Waals surface area (Å²) in [5.41, 5.74) is 3.04. The van der Waals surface area contributed by atoms with Gasteiger partial charge in [-0.2, -0.15) is 0 Å². The Morgan fingerprint density at radius 2 is 2.24 bits per heavy atom. The van der Waals surface area contributed by atoms with Crippen LogP contribution in [0, 0.1) is 6.92 Å². The van der Waals surface area contributed by atoms with E-state index in [1.807, 2.05) is 25.3 Å². The van der Waals surface area contributed by atoms with Crippen LogP contribution < -0.4 is 0 Å². The van der Waals surface area contributed by atoms with E-state index in [2.05, 4.69) is 21.4 Å². The lowest BCUT2D eigenvalue weighted by Crippen LogP contribution is -2.09. The summed E-state index contributed by atoms with van der Waals surface area (Å²) in [6.07, 6.45) is 4.95. The highest BCUT2D eigenvalue weighted by Crippen LogP contribution is 2.49. The van der Waals surface area contributed by atoms with Crippen molar-refractivity contribution in [1.29, 1.82) is 0 Å². The van der Waals surface area contributed by atoms with Gasteiger partial charge in [0.25, 0.3) is 0 Å². The highest BCUT2D eigenvalue weighted by Gasteiger charge is 2.46. The molecule has 108 valence electrons. The second-order valence-electron chi connectivity index (χ2n) is 5.69. The van der Waals surface area contributed by atoms with Crippen LogP contribution in [0.15, 0.2) is 24.4 Å². The van der Waals surface area contributed by atoms with Crippen molar-refractivity contribution in [2.75, 3.05) is 6.61 Å². The molecule has 0 bridgehead atoms. The summed E-state index contributed by atoms with van der Waals surface area (Å²) < 4.78 is 3.00. The van der Waals surface area contributed by atoms with Gasteiger partial charge in [0.1, 0.15) is 0 Å². The monoisotopic (exact) mass is 300 g/mol. The van der Waals surface area contributed by atoms with Crippen LogP contribution in [-0.4, -0.2) is 31.7 Å². The molecule has 0 atom stereocenters. The summed E-state index contributed by atoms with van der Waals surface area (Å²) in [6, 6.07) is 6.17. The lowest BCUT2D eigenvalue weighted by molar-refractivity contribution is 0.270. The third-order valence-corrected chi connectivity index (χ3v) is 5.18. The zero-order valence-electron chi connectivity index (χ0n) is 11.8. The zero-order chi connectivity index (χ0) is 14.4. The van der Waals surface area contributed by atoms with Crippen LogP contribution in [0.4, 0.5) is 0 Å². The van der Waals surface area contributed by atoms with Crippen molar-refractivity contribution in [3.63, 3.8) is 0 Å². The molecule has 4 rings (SSSR count). The van der Waals surface area contributed by atoms with Gasteiger partial charge in [-0.25, -0.2) is 9.67 Å². The molecule has 0 saturated heterocycles. The number of aliphatic hydroxyl groups is 1. The molecule has 0 spiro atoms. The number of aryl methyl sites for hydroxylation is 1. The minimum absolute atomic E-state index is 0.0638. The average Bonchev–Trinajstić information content (AvgIpc) is 2.94. The molecule has 0 amide bonds. The Bertz CT molecular complexity index is 803. The van der Waals surface area contributed by atoms with Gasteiger partial charge in [-0.3, -0.25) is 0 Å². The maximum atomic E-state index is 9.19. The van der Waals surface area contributed by atoms with E-state index in [1.54, 1.807) is 16.0 Å². The molecule has 1 fully saturated rings. The largest absolute Gasteiger partial charge is 0.396 e. The molecule has 2 aromatic heterocycles. The van der Waals surface area contributed by atoms with Crippen LogP contribution in [0.1, 0.15) is 30.0 Å². The first kappa shape index (κ1) is 12.9. The summed E-state index contributed by atoms with van der Waals surface area (Å²) in [5, 5.41) is 18.8. The van der Waals surface area contributed by atoms with Crippen molar-refractivity contribution in [2.24, 2.45) is 0 Å². The van der Waals surface area contributed by atoms with Crippen LogP contribution in [0.2, 0.25) is 0 Å². The lowest BCUT2D eigenvalue weighted by atomic mass is 10.00. The predicted molar refractivity (Wildman–Crippen MR) is 81.9 cm³/mol. The van der Waals surface area contributed by atoms with Crippen molar-refractivity contribution in [3.8, 4) is 5.69 Å². The Morgan fingerprint density at radius 3 is 3.00 bits per heavy atom. The van der Waals surface area contributed by atoms with Crippen LogP contribution in [-0.2, 0) is 5.41 Å². The number of nitrogens with zero attached hydrogens (tertiary/aromatic N) is 4. The number of hydrogen-bond donors (Lipinski definition) is 1. The van der Waals surface area contributed by atoms with Crippen molar-refractivity contribution < 1.29 is 5.11 Å². The van der Waals surface area contributed by atoms with Crippen LogP contribution in [0.5, 0.6) is 0 Å². The van der Waals surface area contributed by atoms with Crippen molar-refractivity contribution in [2.45, 2.75) is 31.6 Å². The van der Waals surface area contributed by atoms with E-state index in [0.29, 0.717) is 0 Å². The standard InChI is InChI=1S/C15H16N4OS/c1-10-16-12-8-11(2-3-13(12)21-10)19-9-14(17-18-19)15(4-5-15)6-7-20/h2-3,8-9,20H,4-7H2,1H3. The summed E-state index contributed by atoms with van der Waals surface area (Å²) >= 11 is 1.70. The molecule has 0 radical (unpaired) electrons. The third-order valence-electron chi connectivity index (χ3n) is 4.22. The summed E-state index contributed by atoms with van der Waals surface area (Å²) in [6.45, 7) is 2.22. The molecule has 1 saturated carbocycles. The molecular weight excluding hydrogens is 284 g/mol.